The van der Waals surface area contributed by atoms with E-state index in [0.29, 0.717) is 18.0 Å². The van der Waals surface area contributed by atoms with Gasteiger partial charge in [-0.2, -0.15) is 0 Å². The Morgan fingerprint density at radius 2 is 2.54 bits per heavy atom. The predicted octanol–water partition coefficient (Wildman–Crippen LogP) is 1.18. The van der Waals surface area contributed by atoms with Crippen molar-refractivity contribution in [3.8, 4) is 0 Å². The summed E-state index contributed by atoms with van der Waals surface area (Å²) in [5.74, 6) is 0.568. The summed E-state index contributed by atoms with van der Waals surface area (Å²) in [4.78, 5) is 4.49. The van der Waals surface area contributed by atoms with Crippen molar-refractivity contribution in [2.75, 3.05) is 0 Å². The molecule has 0 bridgehead atoms. The molecule has 3 atom stereocenters. The molecule has 1 aliphatic carbocycles. The molecule has 0 radical (unpaired) electrons. The molecule has 3 unspecified atom stereocenters. The summed E-state index contributed by atoms with van der Waals surface area (Å²) in [6, 6.07) is 0.748. The first kappa shape index (κ1) is 6.97. The van der Waals surface area contributed by atoms with Crippen LogP contribution in [-0.4, -0.2) is 18.3 Å². The monoisotopic (exact) mass is 170 g/mol. The largest absolute Gasteiger partial charge is 0.375 e. The van der Waals surface area contributed by atoms with E-state index < -0.39 is 0 Å². The molecule has 0 aromatic heterocycles. The maximum absolute atomic E-state index is 4.49. The zero-order chi connectivity index (χ0) is 8.67. The summed E-state index contributed by atoms with van der Waals surface area (Å²) in [5, 5.41) is 3.30. The molecule has 2 heteroatoms. The number of aliphatic imine (C=N–C) groups is 1. The minimum atomic E-state index is 0.368. The predicted molar refractivity (Wildman–Crippen MR) is 51.6 cm³/mol. The highest BCUT2D eigenvalue weighted by Crippen LogP contribution is 2.35. The maximum atomic E-state index is 4.49. The molecule has 0 aromatic carbocycles. The Balaban J connectivity index is 2.05. The lowest BCUT2D eigenvalue weighted by Gasteiger charge is -2.21. The van der Waals surface area contributed by atoms with Crippen molar-refractivity contribution in [3.05, 3.63) is 35.4 Å². The maximum Gasteiger partial charge on any atom is 0.0811 e. The van der Waals surface area contributed by atoms with E-state index in [-0.39, 0.29) is 0 Å². The minimum Gasteiger partial charge on any atom is -0.375 e. The average Bonchev–Trinajstić information content (AvgIpc) is 2.56. The van der Waals surface area contributed by atoms with Crippen LogP contribution in [0.3, 0.4) is 0 Å². The number of hydrogen-bond donors (Lipinski definition) is 1. The lowest BCUT2D eigenvalue weighted by atomic mass is 10.0. The molecule has 2 heterocycles. The highest BCUT2D eigenvalue weighted by molar-refractivity contribution is 5.73. The van der Waals surface area contributed by atoms with Crippen LogP contribution in [0.1, 0.15) is 6.42 Å². The zero-order valence-corrected chi connectivity index (χ0v) is 7.20. The fourth-order valence-corrected chi connectivity index (χ4v) is 2.26. The number of dihydropyridines is 1. The lowest BCUT2D eigenvalue weighted by molar-refractivity contribution is 0.509. The second-order valence-corrected chi connectivity index (χ2v) is 3.62. The standard InChI is InChI=1S/C11H10N2/c1-3-8-7-9-4-2-6-13-11(9)10(8)12-5-1/h1,3,5-6,8,10-11,13H,7H2. The van der Waals surface area contributed by atoms with Crippen LogP contribution in [0.5, 0.6) is 0 Å². The molecule has 0 spiro atoms. The SMILES string of the molecule is C1=C=C2CC3C=CC=NC3C2NC=1. The van der Waals surface area contributed by atoms with Crippen LogP contribution in [0.4, 0.5) is 0 Å². The van der Waals surface area contributed by atoms with Gasteiger partial charge in [0.25, 0.3) is 0 Å². The van der Waals surface area contributed by atoms with E-state index in [4.69, 9.17) is 0 Å². The summed E-state index contributed by atoms with van der Waals surface area (Å²) in [5.41, 5.74) is 7.47. The number of allylic oxidation sites excluding steroid dienone is 1. The average molecular weight is 170 g/mol. The Kier molecular flexibility index (Phi) is 1.34. The second kappa shape index (κ2) is 2.50. The van der Waals surface area contributed by atoms with E-state index in [1.807, 2.05) is 18.5 Å². The van der Waals surface area contributed by atoms with E-state index in [1.54, 1.807) is 0 Å². The van der Waals surface area contributed by atoms with Crippen molar-refractivity contribution < 1.29 is 0 Å². The molecule has 0 saturated heterocycles. The van der Waals surface area contributed by atoms with E-state index in [1.165, 1.54) is 5.57 Å². The smallest absolute Gasteiger partial charge is 0.0811 e. The number of fused-ring (bicyclic) bond motifs is 3. The Morgan fingerprint density at radius 3 is 3.54 bits per heavy atom. The number of nitrogens with zero attached hydrogens (tertiary/aromatic N) is 1. The lowest BCUT2D eigenvalue weighted by Crippen LogP contribution is -2.35. The van der Waals surface area contributed by atoms with E-state index in [2.05, 4.69) is 27.8 Å². The summed E-state index contributed by atoms with van der Waals surface area (Å²) >= 11 is 0. The van der Waals surface area contributed by atoms with Crippen molar-refractivity contribution in [3.63, 3.8) is 0 Å². The third-order valence-electron chi connectivity index (χ3n) is 2.88. The summed E-state index contributed by atoms with van der Waals surface area (Å²) < 4.78 is 0. The van der Waals surface area contributed by atoms with Gasteiger partial charge in [0, 0.05) is 23.9 Å². The van der Waals surface area contributed by atoms with Gasteiger partial charge in [0.2, 0.25) is 0 Å². The third-order valence-corrected chi connectivity index (χ3v) is 2.88. The fourth-order valence-electron chi connectivity index (χ4n) is 2.26. The molecule has 0 aromatic rings. The molecule has 64 valence electrons. The first-order chi connectivity index (χ1) is 6.45. The quantitative estimate of drug-likeness (QED) is 0.542. The van der Waals surface area contributed by atoms with Gasteiger partial charge in [0.1, 0.15) is 0 Å². The van der Waals surface area contributed by atoms with Gasteiger partial charge < -0.3 is 5.32 Å². The summed E-state index contributed by atoms with van der Waals surface area (Å²) in [7, 11) is 0. The Labute approximate surface area is 77.1 Å². The molecule has 3 rings (SSSR count). The highest BCUT2D eigenvalue weighted by atomic mass is 15.0. The van der Waals surface area contributed by atoms with Gasteiger partial charge in [0.15, 0.2) is 0 Å². The van der Waals surface area contributed by atoms with Crippen molar-refractivity contribution in [1.29, 1.82) is 0 Å². The third kappa shape index (κ3) is 0.936. The Morgan fingerprint density at radius 1 is 1.54 bits per heavy atom. The molecule has 1 N–H and O–H groups in total. The van der Waals surface area contributed by atoms with Gasteiger partial charge in [-0.15, -0.1) is 0 Å². The highest BCUT2D eigenvalue weighted by Gasteiger charge is 2.38. The van der Waals surface area contributed by atoms with Crippen LogP contribution in [0.15, 0.2) is 40.4 Å². The van der Waals surface area contributed by atoms with Crippen LogP contribution in [0.2, 0.25) is 0 Å². The Hall–Kier alpha value is -1.49. The Bertz CT molecular complexity index is 390. The topological polar surface area (TPSA) is 24.4 Å². The summed E-state index contributed by atoms with van der Waals surface area (Å²) in [6.07, 6.45) is 9.10. The molecular weight excluding hydrogens is 160 g/mol. The number of nitrogens with one attached hydrogen (secondary N) is 1. The normalized spacial score (nSPS) is 38.2. The van der Waals surface area contributed by atoms with Crippen LogP contribution < -0.4 is 5.32 Å². The second-order valence-electron chi connectivity index (χ2n) is 3.62. The molecular formula is C11H10N2. The van der Waals surface area contributed by atoms with Gasteiger partial charge in [0.05, 0.1) is 12.1 Å². The van der Waals surface area contributed by atoms with Gasteiger partial charge >= 0.3 is 0 Å². The van der Waals surface area contributed by atoms with Gasteiger partial charge in [-0.3, -0.25) is 4.99 Å². The van der Waals surface area contributed by atoms with Gasteiger partial charge in [-0.05, 0) is 12.5 Å². The van der Waals surface area contributed by atoms with Crippen LogP contribution in [0.25, 0.3) is 0 Å². The first-order valence-corrected chi connectivity index (χ1v) is 4.60. The summed E-state index contributed by atoms with van der Waals surface area (Å²) in [6.45, 7) is 0. The first-order valence-electron chi connectivity index (χ1n) is 4.60. The molecule has 1 fully saturated rings. The van der Waals surface area contributed by atoms with Crippen molar-refractivity contribution in [1.82, 2.24) is 5.32 Å². The van der Waals surface area contributed by atoms with Gasteiger partial charge in [-0.1, -0.05) is 17.5 Å². The number of rotatable bonds is 0. The molecule has 2 aliphatic heterocycles. The van der Waals surface area contributed by atoms with Crippen LogP contribution in [-0.2, 0) is 0 Å². The fraction of sp³-hybridized carbons (Fsp3) is 0.364. The molecule has 13 heavy (non-hydrogen) atoms. The molecule has 0 amide bonds. The minimum absolute atomic E-state index is 0.368. The molecule has 3 aliphatic rings. The van der Waals surface area contributed by atoms with Crippen LogP contribution in [0, 0.1) is 5.92 Å². The number of hydrogen-bond acceptors (Lipinski definition) is 2. The van der Waals surface area contributed by atoms with Crippen molar-refractivity contribution in [2.24, 2.45) is 10.9 Å². The zero-order valence-electron chi connectivity index (χ0n) is 7.20. The van der Waals surface area contributed by atoms with Crippen molar-refractivity contribution in [2.45, 2.75) is 18.5 Å². The van der Waals surface area contributed by atoms with E-state index in [0.717, 1.165) is 6.42 Å². The van der Waals surface area contributed by atoms with Crippen molar-refractivity contribution >= 4 is 6.21 Å². The molecule has 1 saturated carbocycles. The molecule has 2 nitrogen and oxygen atoms in total. The van der Waals surface area contributed by atoms with E-state index >= 15 is 0 Å². The van der Waals surface area contributed by atoms with E-state index in [9.17, 15) is 0 Å². The van der Waals surface area contributed by atoms with Gasteiger partial charge in [-0.25, -0.2) is 0 Å². The van der Waals surface area contributed by atoms with Crippen LogP contribution >= 0.6 is 0 Å².